The molecule has 0 amide bonds. The fraction of sp³-hybridized carbons (Fsp3) is 0.250. The van der Waals surface area contributed by atoms with Gasteiger partial charge in [-0.15, -0.1) is 10.2 Å². The molecule has 0 fully saturated rings. The molecule has 2 N–H and O–H groups in total. The minimum absolute atomic E-state index is 0.107. The topological polar surface area (TPSA) is 131 Å². The second kappa shape index (κ2) is 10.1. The summed E-state index contributed by atoms with van der Waals surface area (Å²) in [6.45, 7) is 4.17. The van der Waals surface area contributed by atoms with E-state index < -0.39 is 17.0 Å². The van der Waals surface area contributed by atoms with Crippen molar-refractivity contribution in [3.05, 3.63) is 80.8 Å². The Morgan fingerprint density at radius 2 is 1.80 bits per heavy atom. The average Bonchev–Trinajstić information content (AvgIpc) is 3.28. The zero-order valence-corrected chi connectivity index (χ0v) is 20.5. The second-order valence-corrected chi connectivity index (χ2v) is 8.88. The highest BCUT2D eigenvalue weighted by Gasteiger charge is 2.23. The Hall–Kier alpha value is -3.99. The van der Waals surface area contributed by atoms with Crippen molar-refractivity contribution in [3.8, 4) is 17.1 Å². The number of thioether (sulfide) groups is 1. The standard InChI is InChI=1S/C24H25N7O3S/c1-4-13-30-20(25)19(22(33)29(3)24(30)34)18(32)14-35-23-28-27-21(16-9-11-26-12-10-16)31(23)17-8-6-5-7-15(17)2/h5-12H,4,13-14,25H2,1-3H3. The van der Waals surface area contributed by atoms with Crippen LogP contribution in [0, 0.1) is 6.92 Å². The normalized spacial score (nSPS) is 11.1. The number of aromatic nitrogens is 6. The summed E-state index contributed by atoms with van der Waals surface area (Å²) in [5.74, 6) is -0.0980. The van der Waals surface area contributed by atoms with Gasteiger partial charge in [0.15, 0.2) is 16.8 Å². The molecule has 10 nitrogen and oxygen atoms in total. The van der Waals surface area contributed by atoms with Crippen LogP contribution in [0.15, 0.2) is 63.5 Å². The number of nitrogens with zero attached hydrogens (tertiary/aromatic N) is 6. The van der Waals surface area contributed by atoms with Gasteiger partial charge < -0.3 is 5.73 Å². The molecule has 0 bridgehead atoms. The van der Waals surface area contributed by atoms with Crippen LogP contribution < -0.4 is 17.0 Å². The Labute approximate surface area is 205 Å². The van der Waals surface area contributed by atoms with Gasteiger partial charge in [-0.25, -0.2) is 4.79 Å². The van der Waals surface area contributed by atoms with E-state index in [0.717, 1.165) is 33.1 Å². The summed E-state index contributed by atoms with van der Waals surface area (Å²) in [6.07, 6.45) is 3.97. The quantitative estimate of drug-likeness (QED) is 0.294. The van der Waals surface area contributed by atoms with Crippen LogP contribution in [0.1, 0.15) is 29.3 Å². The van der Waals surface area contributed by atoms with Gasteiger partial charge >= 0.3 is 5.69 Å². The number of Topliss-reactive ketones (excluding diaryl/α,β-unsaturated/α-hetero) is 1. The first-order chi connectivity index (χ1) is 16.8. The number of para-hydroxylation sites is 1. The van der Waals surface area contributed by atoms with Crippen LogP contribution in [0.3, 0.4) is 0 Å². The smallest absolute Gasteiger partial charge is 0.332 e. The minimum atomic E-state index is -0.705. The van der Waals surface area contributed by atoms with Crippen molar-refractivity contribution in [3.63, 3.8) is 0 Å². The summed E-state index contributed by atoms with van der Waals surface area (Å²) in [7, 11) is 1.34. The fourth-order valence-corrected chi connectivity index (χ4v) is 4.59. The highest BCUT2D eigenvalue weighted by molar-refractivity contribution is 7.99. The zero-order valence-electron chi connectivity index (χ0n) is 19.6. The molecule has 0 aliphatic carbocycles. The number of nitrogens with two attached hydrogens (primary N) is 1. The third-order valence-electron chi connectivity index (χ3n) is 5.57. The number of benzene rings is 1. The van der Waals surface area contributed by atoms with Crippen LogP contribution in [0.4, 0.5) is 5.82 Å². The zero-order chi connectivity index (χ0) is 25.1. The molecule has 0 radical (unpaired) electrons. The Balaban J connectivity index is 1.73. The molecule has 3 aromatic heterocycles. The van der Waals surface area contributed by atoms with Gasteiger partial charge in [-0.2, -0.15) is 0 Å². The van der Waals surface area contributed by atoms with Crippen molar-refractivity contribution in [2.24, 2.45) is 7.05 Å². The Bertz CT molecular complexity index is 1510. The lowest BCUT2D eigenvalue weighted by Crippen LogP contribution is -2.42. The first kappa shape index (κ1) is 24.1. The SMILES string of the molecule is CCCn1c(N)c(C(=O)CSc2nnc(-c3ccncc3)n2-c2ccccc2C)c(=O)n(C)c1=O. The molecule has 11 heteroatoms. The highest BCUT2D eigenvalue weighted by atomic mass is 32.2. The molecule has 0 aliphatic heterocycles. The van der Waals surface area contributed by atoms with E-state index in [0.29, 0.717) is 23.9 Å². The number of rotatable bonds is 8. The van der Waals surface area contributed by atoms with Gasteiger partial charge in [-0.05, 0) is 37.1 Å². The molecule has 0 aliphatic rings. The molecular weight excluding hydrogens is 466 g/mol. The first-order valence-corrected chi connectivity index (χ1v) is 12.0. The molecule has 0 saturated carbocycles. The monoisotopic (exact) mass is 491 g/mol. The fourth-order valence-electron chi connectivity index (χ4n) is 3.77. The van der Waals surface area contributed by atoms with Crippen LogP contribution in [0.25, 0.3) is 17.1 Å². The van der Waals surface area contributed by atoms with Crippen LogP contribution in [-0.2, 0) is 13.6 Å². The summed E-state index contributed by atoms with van der Waals surface area (Å²) in [6, 6.07) is 11.4. The van der Waals surface area contributed by atoms with Gasteiger partial charge in [0, 0.05) is 31.5 Å². The van der Waals surface area contributed by atoms with Gasteiger partial charge in [0.2, 0.25) is 0 Å². The molecule has 35 heavy (non-hydrogen) atoms. The number of hydrogen-bond donors (Lipinski definition) is 1. The Kier molecular flexibility index (Phi) is 6.97. The summed E-state index contributed by atoms with van der Waals surface area (Å²) < 4.78 is 4.06. The van der Waals surface area contributed by atoms with Crippen molar-refractivity contribution in [2.75, 3.05) is 11.5 Å². The first-order valence-electron chi connectivity index (χ1n) is 11.0. The third-order valence-corrected chi connectivity index (χ3v) is 6.50. The van der Waals surface area contributed by atoms with Crippen molar-refractivity contribution >= 4 is 23.4 Å². The number of carbonyl (C=O) groups excluding carboxylic acids is 1. The number of carbonyl (C=O) groups is 1. The average molecular weight is 492 g/mol. The van der Waals surface area contributed by atoms with Gasteiger partial charge in [-0.1, -0.05) is 36.9 Å². The second-order valence-electron chi connectivity index (χ2n) is 7.93. The predicted octanol–water partition coefficient (Wildman–Crippen LogP) is 2.47. The third kappa shape index (κ3) is 4.54. The molecule has 4 rings (SSSR count). The number of aryl methyl sites for hydroxylation is 1. The minimum Gasteiger partial charge on any atom is -0.384 e. The predicted molar refractivity (Wildman–Crippen MR) is 135 cm³/mol. The number of anilines is 1. The van der Waals surface area contributed by atoms with E-state index in [1.165, 1.54) is 11.6 Å². The van der Waals surface area contributed by atoms with E-state index in [1.54, 1.807) is 12.4 Å². The lowest BCUT2D eigenvalue weighted by Gasteiger charge is -2.14. The molecule has 0 spiro atoms. The summed E-state index contributed by atoms with van der Waals surface area (Å²) in [5.41, 5.74) is 7.36. The maximum Gasteiger partial charge on any atom is 0.332 e. The molecule has 180 valence electrons. The van der Waals surface area contributed by atoms with Gasteiger partial charge in [0.25, 0.3) is 5.56 Å². The molecule has 3 heterocycles. The van der Waals surface area contributed by atoms with Crippen molar-refractivity contribution < 1.29 is 4.79 Å². The van der Waals surface area contributed by atoms with E-state index in [9.17, 15) is 14.4 Å². The number of ketones is 1. The van der Waals surface area contributed by atoms with Crippen molar-refractivity contribution in [1.82, 2.24) is 28.9 Å². The molecule has 0 unspecified atom stereocenters. The molecule has 0 saturated heterocycles. The largest absolute Gasteiger partial charge is 0.384 e. The van der Waals surface area contributed by atoms with E-state index >= 15 is 0 Å². The molecule has 4 aromatic rings. The summed E-state index contributed by atoms with van der Waals surface area (Å²) in [4.78, 5) is 42.4. The summed E-state index contributed by atoms with van der Waals surface area (Å²) >= 11 is 1.15. The van der Waals surface area contributed by atoms with Crippen molar-refractivity contribution in [2.45, 2.75) is 32.0 Å². The Morgan fingerprint density at radius 3 is 2.49 bits per heavy atom. The van der Waals surface area contributed by atoms with E-state index in [4.69, 9.17) is 5.73 Å². The highest BCUT2D eigenvalue weighted by Crippen LogP contribution is 2.29. The van der Waals surface area contributed by atoms with Crippen LogP contribution >= 0.6 is 11.8 Å². The molecule has 1 aromatic carbocycles. The Morgan fingerprint density at radius 1 is 1.09 bits per heavy atom. The number of hydrogen-bond acceptors (Lipinski definition) is 8. The van der Waals surface area contributed by atoms with E-state index in [2.05, 4.69) is 15.2 Å². The van der Waals surface area contributed by atoms with Crippen LogP contribution in [0.2, 0.25) is 0 Å². The number of pyridine rings is 1. The van der Waals surface area contributed by atoms with Crippen LogP contribution in [-0.4, -0.2) is 40.4 Å². The lowest BCUT2D eigenvalue weighted by molar-refractivity contribution is 0.102. The van der Waals surface area contributed by atoms with E-state index in [-0.39, 0.29) is 17.1 Å². The summed E-state index contributed by atoms with van der Waals surface area (Å²) in [5, 5.41) is 9.19. The van der Waals surface area contributed by atoms with Gasteiger partial charge in [0.1, 0.15) is 11.4 Å². The maximum atomic E-state index is 13.2. The maximum absolute atomic E-state index is 13.2. The number of nitrogen functional groups attached to an aromatic ring is 1. The van der Waals surface area contributed by atoms with Gasteiger partial charge in [-0.3, -0.25) is 28.3 Å². The van der Waals surface area contributed by atoms with E-state index in [1.807, 2.05) is 54.8 Å². The molecule has 0 atom stereocenters. The lowest BCUT2D eigenvalue weighted by atomic mass is 10.2. The molecular formula is C24H25N7O3S. The van der Waals surface area contributed by atoms with Gasteiger partial charge in [0.05, 0.1) is 11.4 Å². The van der Waals surface area contributed by atoms with Crippen LogP contribution in [0.5, 0.6) is 0 Å². The van der Waals surface area contributed by atoms with Crippen molar-refractivity contribution in [1.29, 1.82) is 0 Å².